The predicted octanol–water partition coefficient (Wildman–Crippen LogP) is 3.34. The van der Waals surface area contributed by atoms with Crippen LogP contribution in [0.2, 0.25) is 0 Å². The first-order chi connectivity index (χ1) is 10.4. The molecule has 2 aromatic carbocycles. The van der Waals surface area contributed by atoms with Crippen molar-refractivity contribution in [1.82, 2.24) is 9.88 Å². The van der Waals surface area contributed by atoms with Crippen molar-refractivity contribution in [1.29, 1.82) is 0 Å². The zero-order chi connectivity index (χ0) is 14.2. The lowest BCUT2D eigenvalue weighted by atomic mass is 10.0. The summed E-state index contributed by atoms with van der Waals surface area (Å²) in [7, 11) is 1.71. The third-order valence-corrected chi connectivity index (χ3v) is 4.25. The van der Waals surface area contributed by atoms with E-state index in [9.17, 15) is 0 Å². The fraction of sp³-hybridized carbons (Fsp3) is 0.222. The van der Waals surface area contributed by atoms with Gasteiger partial charge in [0.25, 0.3) is 0 Å². The van der Waals surface area contributed by atoms with Crippen molar-refractivity contribution in [2.45, 2.75) is 12.6 Å². The molecule has 21 heavy (non-hydrogen) atoms. The highest BCUT2D eigenvalue weighted by Crippen LogP contribution is 2.32. The standard InChI is InChI=1S/C18H18N2O/c1-21-15-7-4-6-14(11-15)18-17-12-13-5-2-3-8-16(13)20(17)10-9-19-18/h2-8,11-12,18-19H,9-10H2,1H3. The van der Waals surface area contributed by atoms with Crippen LogP contribution in [0.3, 0.4) is 0 Å². The van der Waals surface area contributed by atoms with E-state index in [2.05, 4.69) is 58.4 Å². The molecule has 0 amide bonds. The van der Waals surface area contributed by atoms with Gasteiger partial charge in [-0.2, -0.15) is 0 Å². The van der Waals surface area contributed by atoms with E-state index in [1.807, 2.05) is 6.07 Å². The predicted molar refractivity (Wildman–Crippen MR) is 84.8 cm³/mol. The minimum absolute atomic E-state index is 0.223. The van der Waals surface area contributed by atoms with Crippen LogP contribution in [-0.2, 0) is 6.54 Å². The summed E-state index contributed by atoms with van der Waals surface area (Å²) < 4.78 is 7.78. The topological polar surface area (TPSA) is 26.2 Å². The maximum atomic E-state index is 5.36. The highest BCUT2D eigenvalue weighted by molar-refractivity contribution is 5.81. The molecule has 3 aromatic rings. The lowest BCUT2D eigenvalue weighted by molar-refractivity contribution is 0.412. The van der Waals surface area contributed by atoms with Gasteiger partial charge in [-0.25, -0.2) is 0 Å². The third-order valence-electron chi connectivity index (χ3n) is 4.25. The molecule has 1 aliphatic heterocycles. The Morgan fingerprint density at radius 1 is 1.10 bits per heavy atom. The molecule has 1 aliphatic rings. The first-order valence-electron chi connectivity index (χ1n) is 7.32. The Bertz CT molecular complexity index is 791. The summed E-state index contributed by atoms with van der Waals surface area (Å²) in [5.74, 6) is 0.905. The molecule has 1 unspecified atom stereocenters. The molecule has 0 radical (unpaired) electrons. The van der Waals surface area contributed by atoms with E-state index in [0.717, 1.165) is 18.8 Å². The van der Waals surface area contributed by atoms with Gasteiger partial charge in [-0.1, -0.05) is 30.3 Å². The van der Waals surface area contributed by atoms with Crippen molar-refractivity contribution in [3.05, 3.63) is 65.9 Å². The van der Waals surface area contributed by atoms with E-state index in [1.54, 1.807) is 7.11 Å². The number of hydrogen-bond acceptors (Lipinski definition) is 2. The molecule has 1 N–H and O–H groups in total. The molecule has 0 saturated heterocycles. The largest absolute Gasteiger partial charge is 0.497 e. The summed E-state index contributed by atoms with van der Waals surface area (Å²) in [6, 6.07) is 19.4. The summed E-state index contributed by atoms with van der Waals surface area (Å²) in [5.41, 5.74) is 3.90. The molecular formula is C18H18N2O. The number of fused-ring (bicyclic) bond motifs is 3. The van der Waals surface area contributed by atoms with Crippen LogP contribution in [0.15, 0.2) is 54.6 Å². The van der Waals surface area contributed by atoms with Gasteiger partial charge < -0.3 is 14.6 Å². The zero-order valence-electron chi connectivity index (χ0n) is 12.0. The van der Waals surface area contributed by atoms with Crippen molar-refractivity contribution >= 4 is 10.9 Å². The number of rotatable bonds is 2. The maximum absolute atomic E-state index is 5.36. The molecule has 4 rings (SSSR count). The minimum Gasteiger partial charge on any atom is -0.497 e. The van der Waals surface area contributed by atoms with Gasteiger partial charge in [-0.05, 0) is 35.2 Å². The van der Waals surface area contributed by atoms with Gasteiger partial charge in [-0.3, -0.25) is 0 Å². The van der Waals surface area contributed by atoms with Crippen LogP contribution in [-0.4, -0.2) is 18.2 Å². The Hall–Kier alpha value is -2.26. The lowest BCUT2D eigenvalue weighted by Crippen LogP contribution is -2.33. The first-order valence-corrected chi connectivity index (χ1v) is 7.32. The fourth-order valence-corrected chi connectivity index (χ4v) is 3.26. The molecule has 0 fully saturated rings. The summed E-state index contributed by atoms with van der Waals surface area (Å²) in [6.45, 7) is 2.00. The number of nitrogens with zero attached hydrogens (tertiary/aromatic N) is 1. The van der Waals surface area contributed by atoms with Crippen LogP contribution >= 0.6 is 0 Å². The molecule has 3 nitrogen and oxygen atoms in total. The highest BCUT2D eigenvalue weighted by atomic mass is 16.5. The zero-order valence-corrected chi connectivity index (χ0v) is 12.0. The van der Waals surface area contributed by atoms with Crippen LogP contribution in [0.25, 0.3) is 10.9 Å². The number of methoxy groups -OCH3 is 1. The Balaban J connectivity index is 1.86. The molecule has 1 aromatic heterocycles. The molecule has 0 spiro atoms. The van der Waals surface area contributed by atoms with E-state index in [-0.39, 0.29) is 6.04 Å². The minimum atomic E-state index is 0.223. The third kappa shape index (κ3) is 2.01. The second-order valence-electron chi connectivity index (χ2n) is 5.44. The molecule has 0 bridgehead atoms. The van der Waals surface area contributed by atoms with Gasteiger partial charge in [0.05, 0.1) is 13.2 Å². The lowest BCUT2D eigenvalue weighted by Gasteiger charge is -2.27. The van der Waals surface area contributed by atoms with Crippen molar-refractivity contribution in [3.63, 3.8) is 0 Å². The number of hydrogen-bond donors (Lipinski definition) is 1. The second kappa shape index (κ2) is 4.93. The maximum Gasteiger partial charge on any atom is 0.119 e. The summed E-state index contributed by atoms with van der Waals surface area (Å²) in [6.07, 6.45) is 0. The van der Waals surface area contributed by atoms with Gasteiger partial charge in [-0.15, -0.1) is 0 Å². The average Bonchev–Trinajstić information content (AvgIpc) is 2.93. The van der Waals surface area contributed by atoms with Crippen LogP contribution < -0.4 is 10.1 Å². The fourth-order valence-electron chi connectivity index (χ4n) is 3.26. The van der Waals surface area contributed by atoms with Crippen molar-refractivity contribution in [2.75, 3.05) is 13.7 Å². The number of nitrogens with one attached hydrogen (secondary N) is 1. The quantitative estimate of drug-likeness (QED) is 0.778. The van der Waals surface area contributed by atoms with E-state index >= 15 is 0 Å². The Morgan fingerprint density at radius 3 is 2.90 bits per heavy atom. The van der Waals surface area contributed by atoms with E-state index in [1.165, 1.54) is 22.2 Å². The number of benzene rings is 2. The highest BCUT2D eigenvalue weighted by Gasteiger charge is 2.23. The van der Waals surface area contributed by atoms with Gasteiger partial charge in [0.2, 0.25) is 0 Å². The molecule has 106 valence electrons. The van der Waals surface area contributed by atoms with E-state index in [4.69, 9.17) is 4.74 Å². The van der Waals surface area contributed by atoms with Gasteiger partial charge >= 0.3 is 0 Å². The smallest absolute Gasteiger partial charge is 0.119 e. The Kier molecular flexibility index (Phi) is 2.93. The van der Waals surface area contributed by atoms with Gasteiger partial charge in [0, 0.05) is 24.3 Å². The molecular weight excluding hydrogens is 260 g/mol. The van der Waals surface area contributed by atoms with Crippen LogP contribution in [0.1, 0.15) is 17.3 Å². The molecule has 2 heterocycles. The molecule has 3 heteroatoms. The van der Waals surface area contributed by atoms with Crippen molar-refractivity contribution < 1.29 is 4.74 Å². The van der Waals surface area contributed by atoms with E-state index < -0.39 is 0 Å². The SMILES string of the molecule is COc1cccc(C2NCCn3c2cc2ccccc23)c1. The Morgan fingerprint density at radius 2 is 2.00 bits per heavy atom. The number of aromatic nitrogens is 1. The molecule has 1 atom stereocenters. The molecule has 0 saturated carbocycles. The Labute approximate surface area is 124 Å². The van der Waals surface area contributed by atoms with Crippen LogP contribution in [0.5, 0.6) is 5.75 Å². The summed E-state index contributed by atoms with van der Waals surface area (Å²) in [4.78, 5) is 0. The average molecular weight is 278 g/mol. The number of para-hydroxylation sites is 1. The van der Waals surface area contributed by atoms with Gasteiger partial charge in [0.15, 0.2) is 0 Å². The molecule has 0 aliphatic carbocycles. The normalized spacial score (nSPS) is 17.7. The van der Waals surface area contributed by atoms with Crippen molar-refractivity contribution in [2.24, 2.45) is 0 Å². The first kappa shape index (κ1) is 12.5. The van der Waals surface area contributed by atoms with Crippen LogP contribution in [0.4, 0.5) is 0 Å². The number of ether oxygens (including phenoxy) is 1. The monoisotopic (exact) mass is 278 g/mol. The van der Waals surface area contributed by atoms with Crippen molar-refractivity contribution in [3.8, 4) is 5.75 Å². The summed E-state index contributed by atoms with van der Waals surface area (Å²) >= 11 is 0. The summed E-state index contributed by atoms with van der Waals surface area (Å²) in [5, 5.41) is 4.94. The van der Waals surface area contributed by atoms with Crippen LogP contribution in [0, 0.1) is 0 Å². The van der Waals surface area contributed by atoms with E-state index in [0.29, 0.717) is 0 Å². The van der Waals surface area contributed by atoms with Gasteiger partial charge in [0.1, 0.15) is 5.75 Å². The second-order valence-corrected chi connectivity index (χ2v) is 5.44.